The number of nitrogens with zero attached hydrogens (tertiary/aromatic N) is 3. The van der Waals surface area contributed by atoms with E-state index in [9.17, 15) is 4.79 Å². The summed E-state index contributed by atoms with van der Waals surface area (Å²) in [5.74, 6) is 0.807. The number of nitrogens with one attached hydrogen (secondary N) is 1. The molecule has 108 valence electrons. The van der Waals surface area contributed by atoms with Crippen LogP contribution in [0.25, 0.3) is 4.96 Å². The Hall–Kier alpha value is -2.06. The van der Waals surface area contributed by atoms with Crippen LogP contribution < -0.4 is 10.3 Å². The number of benzene rings is 1. The van der Waals surface area contributed by atoms with E-state index in [-0.39, 0.29) is 5.56 Å². The molecule has 0 unspecified atom stereocenters. The fraction of sp³-hybridized carbons (Fsp3) is 0.231. The topological polar surface area (TPSA) is 72.3 Å². The first-order chi connectivity index (χ1) is 10.2. The smallest absolute Gasteiger partial charge is 0.295 e. The maximum atomic E-state index is 12.3. The van der Waals surface area contributed by atoms with E-state index in [1.807, 2.05) is 31.2 Å². The van der Waals surface area contributed by atoms with Crippen LogP contribution in [0.1, 0.15) is 18.2 Å². The number of aromatic nitrogens is 4. The summed E-state index contributed by atoms with van der Waals surface area (Å²) in [5, 5.41) is 10.8. The van der Waals surface area contributed by atoms with Crippen LogP contribution in [0.4, 0.5) is 0 Å². The third kappa shape index (κ3) is 2.86. The Bertz CT molecular complexity index is 880. The lowest BCUT2D eigenvalue weighted by Crippen LogP contribution is -2.22. The number of ether oxygens (including phenoxy) is 1. The summed E-state index contributed by atoms with van der Waals surface area (Å²) < 4.78 is 7.22. The highest BCUT2D eigenvalue weighted by molar-refractivity contribution is 7.73. The molecule has 0 fully saturated rings. The van der Waals surface area contributed by atoms with Crippen molar-refractivity contribution in [1.29, 1.82) is 0 Å². The summed E-state index contributed by atoms with van der Waals surface area (Å²) in [6, 6.07) is 7.58. The Morgan fingerprint density at radius 1 is 1.33 bits per heavy atom. The van der Waals surface area contributed by atoms with Crippen LogP contribution in [0.2, 0.25) is 0 Å². The van der Waals surface area contributed by atoms with Gasteiger partial charge in [0.05, 0.1) is 6.61 Å². The van der Waals surface area contributed by atoms with Crippen LogP contribution in [0.3, 0.4) is 0 Å². The number of hydrogen-bond acceptors (Lipinski definition) is 6. The van der Waals surface area contributed by atoms with Gasteiger partial charge in [-0.2, -0.15) is 4.52 Å². The minimum absolute atomic E-state index is 0.221. The van der Waals surface area contributed by atoms with Crippen molar-refractivity contribution in [2.24, 2.45) is 0 Å². The van der Waals surface area contributed by atoms with Gasteiger partial charge in [-0.1, -0.05) is 23.5 Å². The van der Waals surface area contributed by atoms with Gasteiger partial charge in [0.15, 0.2) is 3.95 Å². The van der Waals surface area contributed by atoms with Crippen LogP contribution in [-0.2, 0) is 6.42 Å². The summed E-state index contributed by atoms with van der Waals surface area (Å²) in [5.41, 5.74) is 1.13. The second kappa shape index (κ2) is 5.74. The fourth-order valence-corrected chi connectivity index (χ4v) is 2.86. The summed E-state index contributed by atoms with van der Waals surface area (Å²) >= 11 is 6.23. The maximum absolute atomic E-state index is 12.3. The van der Waals surface area contributed by atoms with Crippen molar-refractivity contribution in [2.45, 2.75) is 13.3 Å². The van der Waals surface area contributed by atoms with Crippen molar-refractivity contribution in [3.63, 3.8) is 0 Å². The maximum Gasteiger partial charge on any atom is 0.295 e. The molecule has 0 saturated carbocycles. The second-order valence-electron chi connectivity index (χ2n) is 4.32. The minimum atomic E-state index is -0.221. The largest absolute Gasteiger partial charge is 0.494 e. The molecule has 0 aliphatic rings. The van der Waals surface area contributed by atoms with Crippen molar-refractivity contribution in [3.8, 4) is 5.75 Å². The molecule has 0 saturated heterocycles. The van der Waals surface area contributed by atoms with Gasteiger partial charge in [0.1, 0.15) is 11.4 Å². The monoisotopic (exact) mass is 320 g/mol. The third-order valence-corrected chi connectivity index (χ3v) is 3.96. The summed E-state index contributed by atoms with van der Waals surface area (Å²) in [6.45, 7) is 2.56. The first-order valence-corrected chi connectivity index (χ1v) is 7.59. The van der Waals surface area contributed by atoms with E-state index in [1.54, 1.807) is 0 Å². The molecule has 6 nitrogen and oxygen atoms in total. The normalized spacial score (nSPS) is 10.9. The van der Waals surface area contributed by atoms with Crippen molar-refractivity contribution in [1.82, 2.24) is 19.8 Å². The first kappa shape index (κ1) is 13.9. The molecule has 0 atom stereocenters. The van der Waals surface area contributed by atoms with E-state index in [0.717, 1.165) is 11.3 Å². The molecular formula is C13H12N4O2S2. The van der Waals surface area contributed by atoms with Gasteiger partial charge in [0, 0.05) is 6.42 Å². The summed E-state index contributed by atoms with van der Waals surface area (Å²) in [7, 11) is 0. The lowest BCUT2D eigenvalue weighted by Gasteiger charge is -2.04. The van der Waals surface area contributed by atoms with Crippen molar-refractivity contribution >= 4 is 28.5 Å². The number of H-pyrrole nitrogens is 1. The minimum Gasteiger partial charge on any atom is -0.494 e. The first-order valence-electron chi connectivity index (χ1n) is 6.36. The Kier molecular flexibility index (Phi) is 3.80. The Morgan fingerprint density at radius 3 is 2.81 bits per heavy atom. The lowest BCUT2D eigenvalue weighted by atomic mass is 10.1. The molecule has 0 bridgehead atoms. The predicted molar refractivity (Wildman–Crippen MR) is 82.7 cm³/mol. The zero-order valence-corrected chi connectivity index (χ0v) is 12.8. The van der Waals surface area contributed by atoms with Gasteiger partial charge in [-0.3, -0.25) is 9.89 Å². The number of aromatic amines is 1. The molecule has 8 heteroatoms. The van der Waals surface area contributed by atoms with Crippen LogP contribution in [0.5, 0.6) is 5.75 Å². The van der Waals surface area contributed by atoms with Crippen LogP contribution >= 0.6 is 23.6 Å². The van der Waals surface area contributed by atoms with Gasteiger partial charge >= 0.3 is 0 Å². The van der Waals surface area contributed by atoms with Crippen molar-refractivity contribution in [2.75, 3.05) is 6.61 Å². The van der Waals surface area contributed by atoms with E-state index in [0.29, 0.717) is 27.6 Å². The van der Waals surface area contributed by atoms with Gasteiger partial charge in [0.2, 0.25) is 4.96 Å². The molecule has 0 radical (unpaired) electrons. The highest BCUT2D eigenvalue weighted by Gasteiger charge is 2.09. The van der Waals surface area contributed by atoms with Gasteiger partial charge in [-0.25, -0.2) is 0 Å². The quantitative estimate of drug-likeness (QED) is 0.746. The Labute approximate surface area is 129 Å². The van der Waals surface area contributed by atoms with Gasteiger partial charge < -0.3 is 4.74 Å². The standard InChI is InChI=1S/C13H12N4O2S2/c1-2-19-9-5-3-8(4-6-9)7-10-11(18)17-12(15-14-10)21-13(20)16-17/h3-6H,2,7H2,1H3,(H,16,20). The molecule has 0 spiro atoms. The molecule has 0 aliphatic heterocycles. The Morgan fingerprint density at radius 2 is 2.10 bits per heavy atom. The van der Waals surface area contributed by atoms with E-state index < -0.39 is 0 Å². The van der Waals surface area contributed by atoms with E-state index >= 15 is 0 Å². The van der Waals surface area contributed by atoms with Gasteiger partial charge in [-0.05, 0) is 36.8 Å². The lowest BCUT2D eigenvalue weighted by molar-refractivity contribution is 0.340. The van der Waals surface area contributed by atoms with E-state index in [2.05, 4.69) is 15.3 Å². The van der Waals surface area contributed by atoms with Gasteiger partial charge in [-0.15, -0.1) is 10.2 Å². The molecule has 21 heavy (non-hydrogen) atoms. The van der Waals surface area contributed by atoms with E-state index in [4.69, 9.17) is 17.0 Å². The zero-order chi connectivity index (χ0) is 14.8. The molecule has 3 aromatic rings. The molecule has 1 N–H and O–H groups in total. The van der Waals surface area contributed by atoms with E-state index in [1.165, 1.54) is 15.9 Å². The second-order valence-corrected chi connectivity index (χ2v) is 5.97. The molecular weight excluding hydrogens is 308 g/mol. The van der Waals surface area contributed by atoms with Gasteiger partial charge in [0.25, 0.3) is 5.56 Å². The van der Waals surface area contributed by atoms with Crippen molar-refractivity contribution < 1.29 is 4.74 Å². The molecule has 0 aliphatic carbocycles. The highest BCUT2D eigenvalue weighted by Crippen LogP contribution is 2.14. The average Bonchev–Trinajstić information content (AvgIpc) is 2.86. The average molecular weight is 320 g/mol. The number of fused-ring (bicyclic) bond motifs is 1. The molecule has 1 aromatic carbocycles. The van der Waals surface area contributed by atoms with Crippen molar-refractivity contribution in [3.05, 3.63) is 49.8 Å². The van der Waals surface area contributed by atoms with Crippen LogP contribution in [-0.4, -0.2) is 26.4 Å². The number of hydrogen-bond donors (Lipinski definition) is 1. The highest BCUT2D eigenvalue weighted by atomic mass is 32.1. The Balaban J connectivity index is 1.92. The molecule has 3 rings (SSSR count). The van der Waals surface area contributed by atoms with Crippen LogP contribution in [0, 0.1) is 3.95 Å². The SMILES string of the molecule is CCOc1ccc(Cc2nnc3sc(=S)[nH]n3c2=O)cc1. The predicted octanol–water partition coefficient (Wildman–Crippen LogP) is 2.20. The number of rotatable bonds is 4. The fourth-order valence-electron chi connectivity index (χ4n) is 1.94. The molecule has 2 heterocycles. The zero-order valence-electron chi connectivity index (χ0n) is 11.2. The summed E-state index contributed by atoms with van der Waals surface area (Å²) in [6.07, 6.45) is 0.414. The summed E-state index contributed by atoms with van der Waals surface area (Å²) in [4.78, 5) is 12.8. The molecule has 2 aromatic heterocycles. The molecule has 0 amide bonds. The third-order valence-electron chi connectivity index (χ3n) is 2.89. The van der Waals surface area contributed by atoms with Crippen LogP contribution in [0.15, 0.2) is 29.1 Å².